The predicted octanol–water partition coefficient (Wildman–Crippen LogP) is 2.35. The summed E-state index contributed by atoms with van der Waals surface area (Å²) in [6.07, 6.45) is 4.37. The Bertz CT molecular complexity index is 442. The zero-order chi connectivity index (χ0) is 14.4. The van der Waals surface area contributed by atoms with Gasteiger partial charge in [-0.25, -0.2) is 4.98 Å². The Kier molecular flexibility index (Phi) is 5.86. The van der Waals surface area contributed by atoms with Crippen molar-refractivity contribution in [2.45, 2.75) is 38.4 Å². The van der Waals surface area contributed by atoms with E-state index in [2.05, 4.69) is 10.3 Å². The molecule has 112 valence electrons. The van der Waals surface area contributed by atoms with Crippen molar-refractivity contribution in [2.75, 3.05) is 18.9 Å². The molecular formula is C14H22N2O2S2. The van der Waals surface area contributed by atoms with Crippen LogP contribution in [0.3, 0.4) is 0 Å². The van der Waals surface area contributed by atoms with Crippen LogP contribution in [0.4, 0.5) is 0 Å². The number of nitrogens with one attached hydrogen (secondary N) is 1. The van der Waals surface area contributed by atoms with E-state index in [1.807, 2.05) is 12.3 Å². The van der Waals surface area contributed by atoms with E-state index in [1.54, 1.807) is 23.1 Å². The highest BCUT2D eigenvalue weighted by Gasteiger charge is 2.33. The van der Waals surface area contributed by atoms with Crippen molar-refractivity contribution in [1.82, 2.24) is 10.3 Å². The Morgan fingerprint density at radius 3 is 2.90 bits per heavy atom. The lowest BCUT2D eigenvalue weighted by Gasteiger charge is -2.26. The first-order valence-corrected chi connectivity index (χ1v) is 9.03. The molecule has 0 spiro atoms. The van der Waals surface area contributed by atoms with E-state index in [1.165, 1.54) is 0 Å². The molecule has 1 aromatic rings. The van der Waals surface area contributed by atoms with Crippen molar-refractivity contribution in [2.24, 2.45) is 5.41 Å². The first kappa shape index (κ1) is 15.8. The molecule has 6 heteroatoms. The van der Waals surface area contributed by atoms with Gasteiger partial charge >= 0.3 is 0 Å². The van der Waals surface area contributed by atoms with Crippen LogP contribution in [-0.4, -0.2) is 34.9 Å². The number of nitrogens with zero attached hydrogens (tertiary/aromatic N) is 1. The van der Waals surface area contributed by atoms with E-state index in [0.29, 0.717) is 12.3 Å². The second-order valence-electron chi connectivity index (χ2n) is 5.49. The summed E-state index contributed by atoms with van der Waals surface area (Å²) in [6, 6.07) is 0. The van der Waals surface area contributed by atoms with Gasteiger partial charge < -0.3 is 10.4 Å². The molecule has 1 fully saturated rings. The smallest absolute Gasteiger partial charge is 0.230 e. The van der Waals surface area contributed by atoms with Crippen LogP contribution in [-0.2, 0) is 10.5 Å². The second-order valence-corrected chi connectivity index (χ2v) is 7.54. The van der Waals surface area contributed by atoms with Crippen LogP contribution in [0.5, 0.6) is 0 Å². The van der Waals surface area contributed by atoms with Crippen LogP contribution < -0.4 is 5.32 Å². The van der Waals surface area contributed by atoms with Crippen LogP contribution >= 0.6 is 23.1 Å². The van der Waals surface area contributed by atoms with Crippen molar-refractivity contribution in [3.8, 4) is 0 Å². The van der Waals surface area contributed by atoms with Gasteiger partial charge in [0.15, 0.2) is 0 Å². The third-order valence-electron chi connectivity index (χ3n) is 3.81. The van der Waals surface area contributed by atoms with Gasteiger partial charge in [0, 0.05) is 23.1 Å². The minimum absolute atomic E-state index is 0.0571. The molecule has 1 amide bonds. The molecule has 0 radical (unpaired) electrons. The van der Waals surface area contributed by atoms with Crippen molar-refractivity contribution in [3.05, 3.63) is 16.1 Å². The quantitative estimate of drug-likeness (QED) is 0.811. The van der Waals surface area contributed by atoms with E-state index in [4.69, 9.17) is 0 Å². The molecule has 0 unspecified atom stereocenters. The third kappa shape index (κ3) is 4.46. The Labute approximate surface area is 128 Å². The minimum atomic E-state index is -0.0631. The number of amides is 1. The highest BCUT2D eigenvalue weighted by atomic mass is 32.2. The number of rotatable bonds is 7. The number of carbonyl (C=O) groups excluding carboxylic acids is 1. The van der Waals surface area contributed by atoms with Crippen molar-refractivity contribution in [3.63, 3.8) is 0 Å². The minimum Gasteiger partial charge on any atom is -0.396 e. The Balaban J connectivity index is 1.65. The van der Waals surface area contributed by atoms with Gasteiger partial charge in [-0.05, 0) is 19.8 Å². The normalized spacial score (nSPS) is 17.3. The molecule has 2 N–H and O–H groups in total. The molecule has 1 saturated carbocycles. The monoisotopic (exact) mass is 314 g/mol. The lowest BCUT2D eigenvalue weighted by atomic mass is 9.87. The van der Waals surface area contributed by atoms with Gasteiger partial charge in [-0.15, -0.1) is 23.1 Å². The standard InChI is InChI=1S/C14H22N2O2S2/c1-11-16-12(7-20-11)6-19-8-13(18)15-9-14(10-17)4-2-3-5-14/h7,17H,2-6,8-10H2,1H3,(H,15,18). The molecule has 1 aliphatic carbocycles. The fourth-order valence-electron chi connectivity index (χ4n) is 2.58. The first-order valence-electron chi connectivity index (χ1n) is 7.00. The second kappa shape index (κ2) is 7.43. The topological polar surface area (TPSA) is 62.2 Å². The Morgan fingerprint density at radius 1 is 1.55 bits per heavy atom. The maximum absolute atomic E-state index is 11.8. The van der Waals surface area contributed by atoms with Gasteiger partial charge in [0.05, 0.1) is 23.1 Å². The van der Waals surface area contributed by atoms with Gasteiger partial charge in [-0.1, -0.05) is 12.8 Å². The summed E-state index contributed by atoms with van der Waals surface area (Å²) < 4.78 is 0. The summed E-state index contributed by atoms with van der Waals surface area (Å²) in [7, 11) is 0. The fourth-order valence-corrected chi connectivity index (χ4v) is 4.04. The lowest BCUT2D eigenvalue weighted by Crippen LogP contribution is -2.39. The molecule has 0 saturated heterocycles. The summed E-state index contributed by atoms with van der Waals surface area (Å²) in [5, 5.41) is 15.6. The number of thiazole rings is 1. The molecule has 0 atom stereocenters. The number of thioether (sulfide) groups is 1. The zero-order valence-corrected chi connectivity index (χ0v) is 13.5. The number of carbonyl (C=O) groups is 1. The van der Waals surface area contributed by atoms with Gasteiger partial charge in [0.2, 0.25) is 5.91 Å². The zero-order valence-electron chi connectivity index (χ0n) is 11.9. The average Bonchev–Trinajstić information content (AvgIpc) is 3.06. The van der Waals surface area contributed by atoms with E-state index >= 15 is 0 Å². The van der Waals surface area contributed by atoms with Crippen LogP contribution in [0.25, 0.3) is 0 Å². The number of hydrogen-bond donors (Lipinski definition) is 2. The molecule has 0 bridgehead atoms. The Morgan fingerprint density at radius 2 is 2.30 bits per heavy atom. The Hall–Kier alpha value is -0.590. The molecule has 1 aromatic heterocycles. The molecule has 0 aliphatic heterocycles. The van der Waals surface area contributed by atoms with Crippen LogP contribution in [0.2, 0.25) is 0 Å². The lowest BCUT2D eigenvalue weighted by molar-refractivity contribution is -0.119. The number of aromatic nitrogens is 1. The highest BCUT2D eigenvalue weighted by molar-refractivity contribution is 7.99. The molecule has 2 rings (SSSR count). The predicted molar refractivity (Wildman–Crippen MR) is 84.0 cm³/mol. The van der Waals surface area contributed by atoms with Crippen LogP contribution in [0.1, 0.15) is 36.4 Å². The average molecular weight is 314 g/mol. The summed E-state index contributed by atoms with van der Waals surface area (Å²) in [5.41, 5.74) is 0.986. The molecule has 1 aliphatic rings. The summed E-state index contributed by atoms with van der Waals surface area (Å²) in [6.45, 7) is 2.78. The van der Waals surface area contributed by atoms with Gasteiger partial charge in [-0.3, -0.25) is 4.79 Å². The number of aliphatic hydroxyl groups is 1. The van der Waals surface area contributed by atoms with E-state index < -0.39 is 0 Å². The number of aryl methyl sites for hydroxylation is 1. The van der Waals surface area contributed by atoms with E-state index in [0.717, 1.165) is 42.1 Å². The molecule has 1 heterocycles. The largest absolute Gasteiger partial charge is 0.396 e. The summed E-state index contributed by atoms with van der Waals surface area (Å²) >= 11 is 3.23. The van der Waals surface area contributed by atoms with E-state index in [9.17, 15) is 9.90 Å². The first-order chi connectivity index (χ1) is 9.63. The maximum atomic E-state index is 11.8. The number of aliphatic hydroxyl groups excluding tert-OH is 1. The summed E-state index contributed by atoms with van der Waals surface area (Å²) in [5.74, 6) is 1.29. The molecular weight excluding hydrogens is 292 g/mol. The fraction of sp³-hybridized carbons (Fsp3) is 0.714. The number of hydrogen-bond acceptors (Lipinski definition) is 5. The maximum Gasteiger partial charge on any atom is 0.230 e. The van der Waals surface area contributed by atoms with Crippen molar-refractivity contribution < 1.29 is 9.90 Å². The molecule has 4 nitrogen and oxygen atoms in total. The molecule has 0 aromatic carbocycles. The SMILES string of the molecule is Cc1nc(CSCC(=O)NCC2(CO)CCCC2)cs1. The van der Waals surface area contributed by atoms with Gasteiger partial charge in [0.25, 0.3) is 0 Å². The van der Waals surface area contributed by atoms with E-state index in [-0.39, 0.29) is 17.9 Å². The van der Waals surface area contributed by atoms with Gasteiger partial charge in [0.1, 0.15) is 0 Å². The summed E-state index contributed by atoms with van der Waals surface area (Å²) in [4.78, 5) is 16.2. The van der Waals surface area contributed by atoms with Crippen LogP contribution in [0, 0.1) is 12.3 Å². The van der Waals surface area contributed by atoms with Gasteiger partial charge in [-0.2, -0.15) is 0 Å². The molecule has 20 heavy (non-hydrogen) atoms. The van der Waals surface area contributed by atoms with Crippen molar-refractivity contribution in [1.29, 1.82) is 0 Å². The van der Waals surface area contributed by atoms with Crippen molar-refractivity contribution >= 4 is 29.0 Å². The van der Waals surface area contributed by atoms with Crippen LogP contribution in [0.15, 0.2) is 5.38 Å². The third-order valence-corrected chi connectivity index (χ3v) is 5.60. The highest BCUT2D eigenvalue weighted by Crippen LogP contribution is 2.36.